The van der Waals surface area contributed by atoms with Crippen LogP contribution >= 0.6 is 0 Å². The van der Waals surface area contributed by atoms with E-state index in [9.17, 15) is 0 Å². The number of rotatable bonds is 7. The fourth-order valence-electron chi connectivity index (χ4n) is 4.46. The lowest BCUT2D eigenvalue weighted by Gasteiger charge is -2.43. The van der Waals surface area contributed by atoms with Crippen molar-refractivity contribution in [3.8, 4) is 0 Å². The predicted octanol–water partition coefficient (Wildman–Crippen LogP) is 4.39. The van der Waals surface area contributed by atoms with Crippen molar-refractivity contribution in [1.29, 1.82) is 0 Å². The smallest absolute Gasteiger partial charge is 0.0468 e. The van der Waals surface area contributed by atoms with Crippen molar-refractivity contribution in [3.05, 3.63) is 0 Å². The summed E-state index contributed by atoms with van der Waals surface area (Å²) in [5.74, 6) is 1.94. The summed E-state index contributed by atoms with van der Waals surface area (Å²) in [4.78, 5) is 0. The van der Waals surface area contributed by atoms with E-state index in [4.69, 9.17) is 4.74 Å². The first kappa shape index (κ1) is 16.3. The highest BCUT2D eigenvalue weighted by Crippen LogP contribution is 2.45. The van der Waals surface area contributed by atoms with Gasteiger partial charge < -0.3 is 10.1 Å². The first-order chi connectivity index (χ1) is 9.78. The molecule has 2 rings (SSSR count). The van der Waals surface area contributed by atoms with E-state index in [0.717, 1.165) is 25.0 Å². The van der Waals surface area contributed by atoms with E-state index in [2.05, 4.69) is 19.3 Å². The Morgan fingerprint density at radius 1 is 1.05 bits per heavy atom. The first-order valence-corrected chi connectivity index (χ1v) is 9.00. The first-order valence-electron chi connectivity index (χ1n) is 9.00. The second kappa shape index (κ2) is 8.38. The minimum Gasteiger partial charge on any atom is -0.381 e. The van der Waals surface area contributed by atoms with Gasteiger partial charge in [0.25, 0.3) is 0 Å². The minimum absolute atomic E-state index is 0.597. The number of unbranched alkanes of at least 4 members (excludes halogenated alkanes) is 1. The molecule has 118 valence electrons. The fourth-order valence-corrected chi connectivity index (χ4v) is 4.46. The number of hydrogen-bond acceptors (Lipinski definition) is 2. The van der Waals surface area contributed by atoms with Gasteiger partial charge in [-0.1, -0.05) is 26.2 Å². The largest absolute Gasteiger partial charge is 0.381 e. The average Bonchev–Trinajstić information content (AvgIpc) is 2.48. The Labute approximate surface area is 126 Å². The molecular formula is C18H35NO. The maximum atomic E-state index is 5.53. The molecule has 1 heterocycles. The van der Waals surface area contributed by atoms with E-state index in [1.807, 2.05) is 0 Å². The highest BCUT2D eigenvalue weighted by Gasteiger charge is 2.36. The second-order valence-electron chi connectivity index (χ2n) is 7.38. The van der Waals surface area contributed by atoms with Crippen LogP contribution in [0.15, 0.2) is 0 Å². The third-order valence-corrected chi connectivity index (χ3v) is 5.75. The van der Waals surface area contributed by atoms with Crippen molar-refractivity contribution < 1.29 is 4.74 Å². The Hall–Kier alpha value is -0.0800. The van der Waals surface area contributed by atoms with Crippen LogP contribution in [0.25, 0.3) is 0 Å². The zero-order valence-electron chi connectivity index (χ0n) is 13.8. The normalized spacial score (nSPS) is 32.4. The molecule has 2 nitrogen and oxygen atoms in total. The second-order valence-corrected chi connectivity index (χ2v) is 7.38. The molecule has 1 aliphatic carbocycles. The molecule has 0 unspecified atom stereocenters. The van der Waals surface area contributed by atoms with E-state index in [-0.39, 0.29) is 0 Å². The number of ether oxygens (including phenoxy) is 1. The van der Waals surface area contributed by atoms with Gasteiger partial charge in [0.2, 0.25) is 0 Å². The lowest BCUT2D eigenvalue weighted by molar-refractivity contribution is 0.0323. The Morgan fingerprint density at radius 3 is 2.35 bits per heavy atom. The summed E-state index contributed by atoms with van der Waals surface area (Å²) in [6.07, 6.45) is 14.2. The molecule has 1 saturated heterocycles. The van der Waals surface area contributed by atoms with Crippen molar-refractivity contribution in [3.63, 3.8) is 0 Å². The predicted molar refractivity (Wildman–Crippen MR) is 86.0 cm³/mol. The highest BCUT2D eigenvalue weighted by molar-refractivity contribution is 4.89. The Balaban J connectivity index is 1.83. The molecule has 2 heteroatoms. The van der Waals surface area contributed by atoms with Gasteiger partial charge in [-0.05, 0) is 69.2 Å². The quantitative estimate of drug-likeness (QED) is 0.747. The van der Waals surface area contributed by atoms with Gasteiger partial charge in [0, 0.05) is 19.8 Å². The fraction of sp³-hybridized carbons (Fsp3) is 1.00. The summed E-state index contributed by atoms with van der Waals surface area (Å²) in [7, 11) is 2.13. The molecule has 0 amide bonds. The molecule has 0 radical (unpaired) electrons. The summed E-state index contributed by atoms with van der Waals surface area (Å²) in [6, 6.07) is 0. The van der Waals surface area contributed by atoms with Crippen molar-refractivity contribution in [1.82, 2.24) is 5.32 Å². The Morgan fingerprint density at radius 2 is 1.75 bits per heavy atom. The van der Waals surface area contributed by atoms with Crippen LogP contribution in [0.4, 0.5) is 0 Å². The van der Waals surface area contributed by atoms with Crippen LogP contribution in [0.1, 0.15) is 71.1 Å². The Kier molecular flexibility index (Phi) is 6.83. The molecule has 1 N–H and O–H groups in total. The molecule has 1 saturated carbocycles. The van der Waals surface area contributed by atoms with Gasteiger partial charge in [-0.3, -0.25) is 0 Å². The molecule has 20 heavy (non-hydrogen) atoms. The van der Waals surface area contributed by atoms with Gasteiger partial charge in [-0.25, -0.2) is 0 Å². The molecule has 0 bridgehead atoms. The molecule has 0 aromatic carbocycles. The molecule has 2 fully saturated rings. The van der Waals surface area contributed by atoms with Gasteiger partial charge in [0.05, 0.1) is 0 Å². The average molecular weight is 281 g/mol. The topological polar surface area (TPSA) is 21.3 Å². The lowest BCUT2D eigenvalue weighted by atomic mass is 9.65. The van der Waals surface area contributed by atoms with E-state index in [1.54, 1.807) is 0 Å². The number of hydrogen-bond donors (Lipinski definition) is 1. The van der Waals surface area contributed by atoms with Crippen molar-refractivity contribution >= 4 is 0 Å². The van der Waals surface area contributed by atoms with E-state index < -0.39 is 0 Å². The van der Waals surface area contributed by atoms with Crippen LogP contribution in [0.5, 0.6) is 0 Å². The van der Waals surface area contributed by atoms with E-state index in [0.29, 0.717) is 5.41 Å². The summed E-state index contributed by atoms with van der Waals surface area (Å²) in [6.45, 7) is 5.54. The Bertz CT molecular complexity index is 252. The maximum absolute atomic E-state index is 5.53. The van der Waals surface area contributed by atoms with Crippen LogP contribution in [-0.2, 0) is 4.74 Å². The van der Waals surface area contributed by atoms with Gasteiger partial charge >= 0.3 is 0 Å². The van der Waals surface area contributed by atoms with Gasteiger partial charge in [0.15, 0.2) is 0 Å². The monoisotopic (exact) mass is 281 g/mol. The van der Waals surface area contributed by atoms with Crippen LogP contribution < -0.4 is 5.32 Å². The highest BCUT2D eigenvalue weighted by atomic mass is 16.5. The minimum atomic E-state index is 0.597. The van der Waals surface area contributed by atoms with Crippen LogP contribution in [-0.4, -0.2) is 26.8 Å². The molecule has 0 atom stereocenters. The third kappa shape index (κ3) is 4.73. The summed E-state index contributed by atoms with van der Waals surface area (Å²) < 4.78 is 5.53. The van der Waals surface area contributed by atoms with Gasteiger partial charge in [-0.2, -0.15) is 0 Å². The van der Waals surface area contributed by atoms with Gasteiger partial charge in [-0.15, -0.1) is 0 Å². The van der Waals surface area contributed by atoms with E-state index >= 15 is 0 Å². The third-order valence-electron chi connectivity index (χ3n) is 5.75. The molecule has 0 spiro atoms. The van der Waals surface area contributed by atoms with Crippen molar-refractivity contribution in [2.45, 2.75) is 71.1 Å². The van der Waals surface area contributed by atoms with E-state index in [1.165, 1.54) is 70.8 Å². The van der Waals surface area contributed by atoms with Crippen LogP contribution in [0.2, 0.25) is 0 Å². The summed E-state index contributed by atoms with van der Waals surface area (Å²) in [5, 5.41) is 3.49. The summed E-state index contributed by atoms with van der Waals surface area (Å²) in [5.41, 5.74) is 0.597. The van der Waals surface area contributed by atoms with Crippen LogP contribution in [0.3, 0.4) is 0 Å². The van der Waals surface area contributed by atoms with Crippen molar-refractivity contribution in [2.24, 2.45) is 17.3 Å². The molecule has 0 aromatic heterocycles. The zero-order valence-corrected chi connectivity index (χ0v) is 13.8. The molecule has 0 aromatic rings. The number of nitrogens with one attached hydrogen (secondary N) is 1. The van der Waals surface area contributed by atoms with Crippen LogP contribution in [0, 0.1) is 17.3 Å². The van der Waals surface area contributed by atoms with Crippen molar-refractivity contribution in [2.75, 3.05) is 26.8 Å². The molecular weight excluding hydrogens is 246 g/mol. The lowest BCUT2D eigenvalue weighted by Crippen LogP contribution is -2.39. The summed E-state index contributed by atoms with van der Waals surface area (Å²) >= 11 is 0. The molecule has 1 aliphatic heterocycles. The standard InChI is InChI=1S/C18H35NO/c1-3-4-5-16-6-10-18(11-7-16,15-19-2)14-17-8-12-20-13-9-17/h16-17,19H,3-15H2,1-2H3. The van der Waals surface area contributed by atoms with Gasteiger partial charge in [0.1, 0.15) is 0 Å². The maximum Gasteiger partial charge on any atom is 0.0468 e. The zero-order chi connectivity index (χ0) is 14.3. The SMILES string of the molecule is CCCCC1CCC(CNC)(CC2CCOCC2)CC1. The molecule has 2 aliphatic rings.